The first-order valence-corrected chi connectivity index (χ1v) is 11.3. The second kappa shape index (κ2) is 9.28. The fourth-order valence-electron chi connectivity index (χ4n) is 6.02. The van der Waals surface area contributed by atoms with E-state index in [-0.39, 0.29) is 24.0 Å². The molecule has 3 aliphatic rings. The average molecular weight is 425 g/mol. The molecule has 0 bridgehead atoms. The molecule has 0 heterocycles. The molecular weight excluding hydrogens is 376 g/mol. The third-order valence-corrected chi connectivity index (χ3v) is 7.71. The molecule has 0 aromatic heterocycles. The van der Waals surface area contributed by atoms with E-state index in [1.807, 2.05) is 13.0 Å². The van der Waals surface area contributed by atoms with Crippen LogP contribution < -0.4 is 0 Å². The van der Waals surface area contributed by atoms with Gasteiger partial charge in [0.25, 0.3) is 0 Å². The Bertz CT molecular complexity index is 863. The molecule has 0 aliphatic heterocycles. The fourth-order valence-corrected chi connectivity index (χ4v) is 6.02. The zero-order valence-electron chi connectivity index (χ0n) is 24.4. The summed E-state index contributed by atoms with van der Waals surface area (Å²) >= 11 is 0. The minimum atomic E-state index is -3.04. The summed E-state index contributed by atoms with van der Waals surface area (Å²) in [6.07, 6.45) is 8.03. The third kappa shape index (κ3) is 5.27. The zero-order valence-corrected chi connectivity index (χ0v) is 18.4. The minimum absolute atomic E-state index is 0.00499. The summed E-state index contributed by atoms with van der Waals surface area (Å²) in [7, 11) is 0. The van der Waals surface area contributed by atoms with Gasteiger partial charge in [-0.2, -0.15) is 0 Å². The number of aliphatic hydroxyl groups excluding tert-OH is 2. The number of rotatable bonds is 6. The molecule has 0 amide bonds. The zero-order chi connectivity index (χ0) is 27.1. The highest BCUT2D eigenvalue weighted by atomic mass is 16.5. The summed E-state index contributed by atoms with van der Waals surface area (Å²) in [5.74, 6) is 0.591. The molecule has 0 radical (unpaired) electrons. The summed E-state index contributed by atoms with van der Waals surface area (Å²) in [5.41, 5.74) is 0.113. The molecule has 4 nitrogen and oxygen atoms in total. The van der Waals surface area contributed by atoms with E-state index in [1.165, 1.54) is 5.57 Å². The van der Waals surface area contributed by atoms with Gasteiger partial charge in [0.2, 0.25) is 0 Å². The molecular formula is C26H42O4. The van der Waals surface area contributed by atoms with Crippen LogP contribution in [0.25, 0.3) is 0 Å². The van der Waals surface area contributed by atoms with Gasteiger partial charge in [0.1, 0.15) is 0 Å². The Kier molecular flexibility index (Phi) is 5.15. The molecule has 4 heteroatoms. The SMILES string of the molecule is [2H]C([2H])([2H])C(O)(CCO[C@@H](C)[C@H]1CC[C@H]2C(=C/C=C3/C[C@@H](O)C[C@H](O)C3=C)CCC[C@]12C)C([2H])([2H])[2H]. The maximum Gasteiger partial charge on any atom is 0.0811 e. The van der Waals surface area contributed by atoms with Crippen molar-refractivity contribution >= 4 is 0 Å². The first-order chi connectivity index (χ1) is 16.5. The molecule has 3 aliphatic carbocycles. The van der Waals surface area contributed by atoms with Gasteiger partial charge in [-0.3, -0.25) is 0 Å². The van der Waals surface area contributed by atoms with E-state index >= 15 is 0 Å². The van der Waals surface area contributed by atoms with Crippen molar-refractivity contribution in [1.29, 1.82) is 0 Å². The molecule has 30 heavy (non-hydrogen) atoms. The Morgan fingerprint density at radius 1 is 1.33 bits per heavy atom. The van der Waals surface area contributed by atoms with Crippen LogP contribution >= 0.6 is 0 Å². The van der Waals surface area contributed by atoms with Gasteiger partial charge in [0, 0.05) is 21.3 Å². The maximum atomic E-state index is 10.5. The standard InChI is InChI=1S/C26H42O4/c1-17-20(15-21(27)16-24(17)28)9-8-19-7-6-12-26(5)22(10-11-23(19)26)18(2)30-14-13-25(3,4)29/h8-9,18,21-24,27-29H,1,6-7,10-16H2,2-5H3/b19-8?,20-9-/t18-,21+,22+,23-,24-,26+/m0/s1/i3D3,4D3. The number of aliphatic hydroxyl groups is 3. The van der Waals surface area contributed by atoms with E-state index in [0.29, 0.717) is 24.3 Å². The number of hydrogen-bond donors (Lipinski definition) is 3. The monoisotopic (exact) mass is 424 g/mol. The van der Waals surface area contributed by atoms with Crippen molar-refractivity contribution in [3.8, 4) is 0 Å². The van der Waals surface area contributed by atoms with E-state index in [1.54, 1.807) is 0 Å². The highest BCUT2D eigenvalue weighted by Crippen LogP contribution is 2.58. The van der Waals surface area contributed by atoms with E-state index in [0.717, 1.165) is 37.7 Å². The summed E-state index contributed by atoms with van der Waals surface area (Å²) in [6.45, 7) is 2.02. The highest BCUT2D eigenvalue weighted by Gasteiger charge is 2.51. The van der Waals surface area contributed by atoms with Crippen LogP contribution in [-0.2, 0) is 4.74 Å². The largest absolute Gasteiger partial charge is 0.393 e. The van der Waals surface area contributed by atoms with Crippen molar-refractivity contribution < 1.29 is 28.3 Å². The molecule has 0 aromatic carbocycles. The maximum absolute atomic E-state index is 10.5. The summed E-state index contributed by atoms with van der Waals surface area (Å²) in [6, 6.07) is 0. The van der Waals surface area contributed by atoms with Gasteiger partial charge in [0.05, 0.1) is 23.9 Å². The van der Waals surface area contributed by atoms with E-state index in [2.05, 4.69) is 19.6 Å². The van der Waals surface area contributed by atoms with Crippen LogP contribution in [0, 0.1) is 17.3 Å². The predicted molar refractivity (Wildman–Crippen MR) is 121 cm³/mol. The van der Waals surface area contributed by atoms with Crippen LogP contribution in [0.4, 0.5) is 0 Å². The molecule has 3 N–H and O–H groups in total. The van der Waals surface area contributed by atoms with E-state index in [9.17, 15) is 15.3 Å². The first kappa shape index (κ1) is 16.7. The van der Waals surface area contributed by atoms with Crippen molar-refractivity contribution in [1.82, 2.24) is 0 Å². The molecule has 0 aromatic rings. The fraction of sp³-hybridized carbons (Fsp3) is 0.769. The van der Waals surface area contributed by atoms with Gasteiger partial charge in [-0.25, -0.2) is 0 Å². The molecule has 3 rings (SSSR count). The lowest BCUT2D eigenvalue weighted by atomic mass is 9.62. The summed E-state index contributed by atoms with van der Waals surface area (Å²) < 4.78 is 51.2. The minimum Gasteiger partial charge on any atom is -0.393 e. The lowest BCUT2D eigenvalue weighted by Gasteiger charge is -2.44. The smallest absolute Gasteiger partial charge is 0.0811 e. The molecule has 3 fully saturated rings. The molecule has 3 saturated carbocycles. The number of fused-ring (bicyclic) bond motifs is 1. The molecule has 0 unspecified atom stereocenters. The average Bonchev–Trinajstić information content (AvgIpc) is 3.11. The number of allylic oxidation sites excluding steroid dienone is 3. The van der Waals surface area contributed by atoms with Crippen LogP contribution in [0.3, 0.4) is 0 Å². The Labute approximate surface area is 191 Å². The first-order valence-electron chi connectivity index (χ1n) is 14.3. The third-order valence-electron chi connectivity index (χ3n) is 7.71. The molecule has 0 spiro atoms. The highest BCUT2D eigenvalue weighted by molar-refractivity contribution is 5.38. The van der Waals surface area contributed by atoms with Gasteiger partial charge in [0.15, 0.2) is 0 Å². The number of ether oxygens (including phenoxy) is 1. The van der Waals surface area contributed by atoms with Crippen LogP contribution in [0.1, 0.15) is 87.1 Å². The Morgan fingerprint density at radius 3 is 2.83 bits per heavy atom. The normalized spacial score (nSPS) is 42.6. The van der Waals surface area contributed by atoms with Crippen molar-refractivity contribution in [2.24, 2.45) is 17.3 Å². The van der Waals surface area contributed by atoms with Gasteiger partial charge < -0.3 is 20.1 Å². The Morgan fingerprint density at radius 2 is 2.10 bits per heavy atom. The van der Waals surface area contributed by atoms with Gasteiger partial charge in [-0.15, -0.1) is 0 Å². The van der Waals surface area contributed by atoms with Crippen molar-refractivity contribution in [3.63, 3.8) is 0 Å². The van der Waals surface area contributed by atoms with Crippen molar-refractivity contribution in [3.05, 3.63) is 35.5 Å². The molecule has 0 saturated heterocycles. The van der Waals surface area contributed by atoms with Crippen LogP contribution in [-0.4, -0.2) is 45.8 Å². The van der Waals surface area contributed by atoms with Crippen molar-refractivity contribution in [2.75, 3.05) is 6.61 Å². The Hall–Kier alpha value is -0.940. The lowest BCUT2D eigenvalue weighted by molar-refractivity contribution is -0.0454. The lowest BCUT2D eigenvalue weighted by Crippen LogP contribution is -2.39. The predicted octanol–water partition coefficient (Wildman–Crippen LogP) is 4.69. The molecule has 170 valence electrons. The van der Waals surface area contributed by atoms with Gasteiger partial charge >= 0.3 is 0 Å². The van der Waals surface area contributed by atoms with Crippen LogP contribution in [0.2, 0.25) is 0 Å². The molecule has 6 atom stereocenters. The second-order valence-corrected chi connectivity index (χ2v) is 9.85. The number of hydrogen-bond acceptors (Lipinski definition) is 4. The van der Waals surface area contributed by atoms with E-state index < -0.39 is 37.9 Å². The summed E-state index contributed by atoms with van der Waals surface area (Å²) in [5, 5.41) is 30.7. The second-order valence-electron chi connectivity index (χ2n) is 9.85. The van der Waals surface area contributed by atoms with E-state index in [4.69, 9.17) is 13.0 Å². The van der Waals surface area contributed by atoms with Crippen LogP contribution in [0.5, 0.6) is 0 Å². The topological polar surface area (TPSA) is 69.9 Å². The summed E-state index contributed by atoms with van der Waals surface area (Å²) in [4.78, 5) is 0. The van der Waals surface area contributed by atoms with Crippen molar-refractivity contribution in [2.45, 2.75) is 103 Å². The van der Waals surface area contributed by atoms with Gasteiger partial charge in [-0.1, -0.05) is 31.2 Å². The van der Waals surface area contributed by atoms with Gasteiger partial charge in [-0.05, 0) is 94.0 Å². The quantitative estimate of drug-likeness (QED) is 0.578. The Balaban J connectivity index is 1.69. The van der Waals surface area contributed by atoms with Crippen LogP contribution in [0.15, 0.2) is 35.5 Å².